The Morgan fingerprint density at radius 1 is 1.29 bits per heavy atom. The summed E-state index contributed by atoms with van der Waals surface area (Å²) in [4.78, 5) is 19.4. The fourth-order valence-electron chi connectivity index (χ4n) is 1.70. The first-order valence-corrected chi connectivity index (χ1v) is 7.67. The number of carbonyl (C=O) groups excluding carboxylic acids is 1. The van der Waals surface area contributed by atoms with Gasteiger partial charge in [-0.25, -0.2) is 0 Å². The molecular weight excluding hydrogens is 336 g/mol. The molecule has 1 fully saturated rings. The molecule has 1 aliphatic rings. The van der Waals surface area contributed by atoms with Gasteiger partial charge in [-0.3, -0.25) is 9.59 Å². The van der Waals surface area contributed by atoms with Crippen molar-refractivity contribution in [3.8, 4) is 0 Å². The summed E-state index contributed by atoms with van der Waals surface area (Å²) in [5.41, 5.74) is 10.9. The molecular formula is C15H23BrN2O3. The molecule has 5 nitrogen and oxygen atoms in total. The maximum absolute atomic E-state index is 10.2. The molecule has 118 valence electrons. The van der Waals surface area contributed by atoms with E-state index in [-0.39, 0.29) is 6.54 Å². The molecule has 21 heavy (non-hydrogen) atoms. The quantitative estimate of drug-likeness (QED) is 0.704. The monoisotopic (exact) mass is 358 g/mol. The van der Waals surface area contributed by atoms with Crippen LogP contribution in [0.15, 0.2) is 28.7 Å². The second kappa shape index (κ2) is 12.5. The van der Waals surface area contributed by atoms with Crippen molar-refractivity contribution in [1.82, 2.24) is 0 Å². The molecule has 0 amide bonds. The van der Waals surface area contributed by atoms with E-state index in [1.54, 1.807) is 6.07 Å². The second-order valence-corrected chi connectivity index (χ2v) is 5.49. The van der Waals surface area contributed by atoms with E-state index in [0.29, 0.717) is 11.6 Å². The van der Waals surface area contributed by atoms with Gasteiger partial charge in [0.25, 0.3) is 0 Å². The minimum absolute atomic E-state index is 0.278. The Balaban J connectivity index is 0.000000300. The number of aliphatic carboxylic acids is 1. The van der Waals surface area contributed by atoms with Crippen LogP contribution in [0.5, 0.6) is 0 Å². The van der Waals surface area contributed by atoms with Crippen molar-refractivity contribution in [2.75, 3.05) is 6.54 Å². The minimum atomic E-state index is -0.968. The van der Waals surface area contributed by atoms with E-state index in [1.807, 2.05) is 18.2 Å². The van der Waals surface area contributed by atoms with Crippen molar-refractivity contribution in [2.45, 2.75) is 38.1 Å². The molecule has 0 aliphatic heterocycles. The highest BCUT2D eigenvalue weighted by Gasteiger charge is 2.06. The molecule has 0 aromatic heterocycles. The highest BCUT2D eigenvalue weighted by atomic mass is 79.9. The van der Waals surface area contributed by atoms with E-state index in [4.69, 9.17) is 10.8 Å². The highest BCUT2D eigenvalue weighted by molar-refractivity contribution is 9.10. The van der Waals surface area contributed by atoms with Gasteiger partial charge in [-0.05, 0) is 18.9 Å². The van der Waals surface area contributed by atoms with E-state index >= 15 is 0 Å². The lowest BCUT2D eigenvalue weighted by Gasteiger charge is -2.15. The van der Waals surface area contributed by atoms with Crippen LogP contribution in [0.3, 0.4) is 0 Å². The van der Waals surface area contributed by atoms with E-state index in [9.17, 15) is 9.59 Å². The van der Waals surface area contributed by atoms with Gasteiger partial charge in [0.05, 0.1) is 6.54 Å². The molecule has 2 rings (SSSR count). The SMILES string of the molecule is NC1CCCCC1.NCC(=O)O.O=Cc1ccccc1Br. The summed E-state index contributed by atoms with van der Waals surface area (Å²) in [5, 5.41) is 7.60. The maximum Gasteiger partial charge on any atom is 0.317 e. The molecule has 0 atom stereocenters. The van der Waals surface area contributed by atoms with Crippen molar-refractivity contribution in [3.63, 3.8) is 0 Å². The zero-order valence-electron chi connectivity index (χ0n) is 12.0. The first-order chi connectivity index (χ1) is 10.0. The molecule has 0 bridgehead atoms. The van der Waals surface area contributed by atoms with Crippen LogP contribution in [0.2, 0.25) is 0 Å². The van der Waals surface area contributed by atoms with Crippen LogP contribution in [0.4, 0.5) is 0 Å². The molecule has 1 aliphatic carbocycles. The summed E-state index contributed by atoms with van der Waals surface area (Å²) >= 11 is 3.23. The molecule has 0 heterocycles. The van der Waals surface area contributed by atoms with Gasteiger partial charge in [0.1, 0.15) is 0 Å². The number of rotatable bonds is 2. The van der Waals surface area contributed by atoms with Gasteiger partial charge in [-0.2, -0.15) is 0 Å². The van der Waals surface area contributed by atoms with Gasteiger partial charge in [-0.15, -0.1) is 0 Å². The lowest BCUT2D eigenvalue weighted by molar-refractivity contribution is -0.135. The third kappa shape index (κ3) is 11.1. The standard InChI is InChI=1S/C7H5BrO.C6H13N.C2H5NO2/c8-7-4-2-1-3-6(7)5-9;7-6-4-2-1-3-5-6;3-1-2(4)5/h1-5H;6H,1-5,7H2;1,3H2,(H,4,5). The van der Waals surface area contributed by atoms with Crippen molar-refractivity contribution in [3.05, 3.63) is 34.3 Å². The van der Waals surface area contributed by atoms with Crippen LogP contribution < -0.4 is 11.5 Å². The van der Waals surface area contributed by atoms with E-state index in [1.165, 1.54) is 32.1 Å². The van der Waals surface area contributed by atoms with Crippen molar-refractivity contribution in [2.24, 2.45) is 11.5 Å². The van der Waals surface area contributed by atoms with Gasteiger partial charge in [0.15, 0.2) is 6.29 Å². The largest absolute Gasteiger partial charge is 0.480 e. The lowest BCUT2D eigenvalue weighted by atomic mass is 9.97. The minimum Gasteiger partial charge on any atom is -0.480 e. The normalized spacial score (nSPS) is 14.0. The van der Waals surface area contributed by atoms with Crippen LogP contribution >= 0.6 is 15.9 Å². The maximum atomic E-state index is 10.2. The number of hydrogen-bond acceptors (Lipinski definition) is 4. The topological polar surface area (TPSA) is 106 Å². The molecule has 5 N–H and O–H groups in total. The van der Waals surface area contributed by atoms with Crippen molar-refractivity contribution in [1.29, 1.82) is 0 Å². The summed E-state index contributed by atoms with van der Waals surface area (Å²) in [6, 6.07) is 7.83. The van der Waals surface area contributed by atoms with Crippen LogP contribution in [-0.4, -0.2) is 29.9 Å². The molecule has 6 heteroatoms. The predicted molar refractivity (Wildman–Crippen MR) is 87.3 cm³/mol. The summed E-state index contributed by atoms with van der Waals surface area (Å²) in [7, 11) is 0. The van der Waals surface area contributed by atoms with E-state index in [2.05, 4.69) is 21.7 Å². The Labute approximate surface area is 133 Å². The second-order valence-electron chi connectivity index (χ2n) is 4.64. The fourth-order valence-corrected chi connectivity index (χ4v) is 2.08. The molecule has 0 saturated heterocycles. The number of halogens is 1. The Hall–Kier alpha value is -1.24. The van der Waals surface area contributed by atoms with Crippen molar-refractivity contribution < 1.29 is 14.7 Å². The number of carboxylic acids is 1. The van der Waals surface area contributed by atoms with Gasteiger partial charge >= 0.3 is 5.97 Å². The van der Waals surface area contributed by atoms with Gasteiger partial charge in [-0.1, -0.05) is 53.4 Å². The number of hydrogen-bond donors (Lipinski definition) is 3. The smallest absolute Gasteiger partial charge is 0.317 e. The molecule has 1 aromatic carbocycles. The van der Waals surface area contributed by atoms with Crippen LogP contribution in [0, 0.1) is 0 Å². The fraction of sp³-hybridized carbons (Fsp3) is 0.467. The third-order valence-corrected chi connectivity index (χ3v) is 3.58. The first-order valence-electron chi connectivity index (χ1n) is 6.88. The van der Waals surface area contributed by atoms with E-state index < -0.39 is 5.97 Å². The number of aldehydes is 1. The molecule has 0 unspecified atom stereocenters. The summed E-state index contributed by atoms with van der Waals surface area (Å²) in [6.07, 6.45) is 7.49. The number of nitrogens with two attached hydrogens (primary N) is 2. The summed E-state index contributed by atoms with van der Waals surface area (Å²) in [6.45, 7) is -0.278. The first kappa shape index (κ1) is 19.8. The summed E-state index contributed by atoms with van der Waals surface area (Å²) in [5.74, 6) is -0.968. The summed E-state index contributed by atoms with van der Waals surface area (Å²) < 4.78 is 0.847. The Kier molecular flexibility index (Phi) is 11.8. The predicted octanol–water partition coefficient (Wildman–Crippen LogP) is 2.57. The number of carboxylic acid groups (broad SMARTS) is 1. The zero-order chi connectivity index (χ0) is 16.1. The van der Waals surface area contributed by atoms with Crippen molar-refractivity contribution >= 4 is 28.2 Å². The molecule has 1 saturated carbocycles. The van der Waals surface area contributed by atoms with Crippen LogP contribution in [0.25, 0.3) is 0 Å². The Bertz CT molecular complexity index is 421. The zero-order valence-corrected chi connectivity index (χ0v) is 13.6. The molecule has 0 radical (unpaired) electrons. The van der Waals surface area contributed by atoms with E-state index in [0.717, 1.165) is 10.8 Å². The Morgan fingerprint density at radius 2 is 1.81 bits per heavy atom. The number of benzene rings is 1. The van der Waals surface area contributed by atoms with Gasteiger partial charge in [0.2, 0.25) is 0 Å². The van der Waals surface area contributed by atoms with Gasteiger partial charge in [0, 0.05) is 16.1 Å². The average molecular weight is 359 g/mol. The number of carbonyl (C=O) groups is 2. The Morgan fingerprint density at radius 3 is 2.10 bits per heavy atom. The lowest BCUT2D eigenvalue weighted by Crippen LogP contribution is -2.22. The molecule has 0 spiro atoms. The highest BCUT2D eigenvalue weighted by Crippen LogP contribution is 2.14. The third-order valence-electron chi connectivity index (χ3n) is 2.86. The van der Waals surface area contributed by atoms with Crippen LogP contribution in [0.1, 0.15) is 42.5 Å². The molecule has 1 aromatic rings. The van der Waals surface area contributed by atoms with Gasteiger partial charge < -0.3 is 16.6 Å². The average Bonchev–Trinajstić information content (AvgIpc) is 2.50. The van der Waals surface area contributed by atoms with Crippen LogP contribution in [-0.2, 0) is 4.79 Å².